The first-order valence-electron chi connectivity index (χ1n) is 9.14. The largest absolute Gasteiger partial charge is 0.381 e. The van der Waals surface area contributed by atoms with E-state index in [-0.39, 0.29) is 0 Å². The lowest BCUT2D eigenvalue weighted by Gasteiger charge is -2.48. The SMILES string of the molecule is C(=C\c1ccccc1)/CNCC1(N2CCCCC2)CCOCC1. The van der Waals surface area contributed by atoms with Crippen LogP contribution in [-0.4, -0.2) is 49.8 Å². The van der Waals surface area contributed by atoms with Crippen molar-refractivity contribution in [2.75, 3.05) is 39.4 Å². The summed E-state index contributed by atoms with van der Waals surface area (Å²) in [5, 5.41) is 3.68. The summed E-state index contributed by atoms with van der Waals surface area (Å²) in [6, 6.07) is 10.5. The maximum Gasteiger partial charge on any atom is 0.0484 e. The molecule has 3 heteroatoms. The Balaban J connectivity index is 1.51. The number of piperidine rings is 1. The molecule has 1 N–H and O–H groups in total. The number of ether oxygens (including phenoxy) is 1. The van der Waals surface area contributed by atoms with Gasteiger partial charge in [-0.2, -0.15) is 0 Å². The fourth-order valence-electron chi connectivity index (χ4n) is 3.87. The molecule has 0 aromatic heterocycles. The Morgan fingerprint density at radius 2 is 1.78 bits per heavy atom. The topological polar surface area (TPSA) is 24.5 Å². The predicted octanol–water partition coefficient (Wildman–Crippen LogP) is 3.32. The molecule has 3 rings (SSSR count). The van der Waals surface area contributed by atoms with Gasteiger partial charge < -0.3 is 10.1 Å². The van der Waals surface area contributed by atoms with Crippen molar-refractivity contribution in [3.05, 3.63) is 42.0 Å². The van der Waals surface area contributed by atoms with Crippen molar-refractivity contribution in [3.63, 3.8) is 0 Å². The van der Waals surface area contributed by atoms with Crippen LogP contribution in [0.1, 0.15) is 37.7 Å². The number of likely N-dealkylation sites (tertiary alicyclic amines) is 1. The quantitative estimate of drug-likeness (QED) is 0.815. The van der Waals surface area contributed by atoms with Gasteiger partial charge in [0, 0.05) is 31.8 Å². The Labute approximate surface area is 140 Å². The monoisotopic (exact) mass is 314 g/mol. The van der Waals surface area contributed by atoms with Crippen LogP contribution >= 0.6 is 0 Å². The normalized spacial score (nSPS) is 22.4. The van der Waals surface area contributed by atoms with Crippen molar-refractivity contribution >= 4 is 6.08 Å². The third-order valence-electron chi connectivity index (χ3n) is 5.28. The number of benzene rings is 1. The van der Waals surface area contributed by atoms with Crippen molar-refractivity contribution in [3.8, 4) is 0 Å². The lowest BCUT2D eigenvalue weighted by molar-refractivity contribution is -0.0352. The van der Waals surface area contributed by atoms with E-state index >= 15 is 0 Å². The lowest BCUT2D eigenvalue weighted by Crippen LogP contribution is -2.59. The third kappa shape index (κ3) is 4.66. The summed E-state index contributed by atoms with van der Waals surface area (Å²) in [5.74, 6) is 0. The average Bonchev–Trinajstić information content (AvgIpc) is 2.64. The summed E-state index contributed by atoms with van der Waals surface area (Å²) in [6.07, 6.45) is 10.9. The minimum Gasteiger partial charge on any atom is -0.381 e. The summed E-state index contributed by atoms with van der Waals surface area (Å²) in [6.45, 7) is 6.37. The molecule has 2 aliphatic rings. The van der Waals surface area contributed by atoms with E-state index in [9.17, 15) is 0 Å². The van der Waals surface area contributed by atoms with Crippen LogP contribution in [0.4, 0.5) is 0 Å². The van der Waals surface area contributed by atoms with Gasteiger partial charge in [0.15, 0.2) is 0 Å². The second kappa shape index (κ2) is 8.62. The van der Waals surface area contributed by atoms with Crippen molar-refractivity contribution in [1.82, 2.24) is 10.2 Å². The van der Waals surface area contributed by atoms with E-state index < -0.39 is 0 Å². The first-order valence-corrected chi connectivity index (χ1v) is 9.14. The van der Waals surface area contributed by atoms with Gasteiger partial charge >= 0.3 is 0 Å². The van der Waals surface area contributed by atoms with Crippen LogP contribution in [-0.2, 0) is 4.74 Å². The van der Waals surface area contributed by atoms with Crippen LogP contribution < -0.4 is 5.32 Å². The van der Waals surface area contributed by atoms with E-state index in [1.807, 2.05) is 0 Å². The van der Waals surface area contributed by atoms with Gasteiger partial charge in [-0.15, -0.1) is 0 Å². The molecule has 0 saturated carbocycles. The van der Waals surface area contributed by atoms with Gasteiger partial charge in [-0.25, -0.2) is 0 Å². The van der Waals surface area contributed by atoms with Crippen LogP contribution in [0, 0.1) is 0 Å². The molecule has 1 aromatic rings. The molecule has 2 heterocycles. The smallest absolute Gasteiger partial charge is 0.0484 e. The fraction of sp³-hybridized carbons (Fsp3) is 0.600. The highest BCUT2D eigenvalue weighted by Crippen LogP contribution is 2.30. The van der Waals surface area contributed by atoms with Crippen LogP contribution in [0.3, 0.4) is 0 Å². The van der Waals surface area contributed by atoms with E-state index in [4.69, 9.17) is 4.74 Å². The highest BCUT2D eigenvalue weighted by molar-refractivity contribution is 5.48. The molecule has 0 bridgehead atoms. The number of rotatable bonds is 6. The van der Waals surface area contributed by atoms with E-state index in [2.05, 4.69) is 52.7 Å². The molecule has 0 unspecified atom stereocenters. The van der Waals surface area contributed by atoms with Gasteiger partial charge in [-0.1, -0.05) is 48.9 Å². The van der Waals surface area contributed by atoms with E-state index in [1.165, 1.54) is 50.8 Å². The van der Waals surface area contributed by atoms with E-state index in [0.717, 1.165) is 26.3 Å². The lowest BCUT2D eigenvalue weighted by atomic mass is 9.86. The zero-order valence-electron chi connectivity index (χ0n) is 14.2. The molecule has 0 spiro atoms. The van der Waals surface area contributed by atoms with Crippen molar-refractivity contribution in [2.24, 2.45) is 0 Å². The number of nitrogens with zero attached hydrogens (tertiary/aromatic N) is 1. The maximum absolute atomic E-state index is 5.63. The van der Waals surface area contributed by atoms with Gasteiger partial charge in [-0.3, -0.25) is 4.90 Å². The molecule has 1 aromatic carbocycles. The van der Waals surface area contributed by atoms with Crippen molar-refractivity contribution < 1.29 is 4.74 Å². The predicted molar refractivity (Wildman–Crippen MR) is 96.6 cm³/mol. The molecule has 2 saturated heterocycles. The van der Waals surface area contributed by atoms with E-state index in [1.54, 1.807) is 0 Å². The van der Waals surface area contributed by atoms with Crippen LogP contribution in [0.5, 0.6) is 0 Å². The molecular formula is C20H30N2O. The summed E-state index contributed by atoms with van der Waals surface area (Å²) in [7, 11) is 0. The Hall–Kier alpha value is -1.16. The molecule has 0 atom stereocenters. The number of hydrogen-bond donors (Lipinski definition) is 1. The third-order valence-corrected chi connectivity index (χ3v) is 5.28. The van der Waals surface area contributed by atoms with Crippen molar-refractivity contribution in [2.45, 2.75) is 37.6 Å². The number of hydrogen-bond acceptors (Lipinski definition) is 3. The van der Waals surface area contributed by atoms with Gasteiger partial charge in [0.2, 0.25) is 0 Å². The highest BCUT2D eigenvalue weighted by atomic mass is 16.5. The number of nitrogens with one attached hydrogen (secondary N) is 1. The molecule has 2 aliphatic heterocycles. The molecule has 3 nitrogen and oxygen atoms in total. The summed E-state index contributed by atoms with van der Waals surface area (Å²) in [5.41, 5.74) is 1.59. The van der Waals surface area contributed by atoms with E-state index in [0.29, 0.717) is 5.54 Å². The Kier molecular flexibility index (Phi) is 6.26. The standard InChI is InChI=1S/C20H30N2O/c1-3-8-19(9-4-1)10-7-13-21-18-20(11-16-23-17-12-20)22-14-5-2-6-15-22/h1,3-4,7-10,21H,2,5-6,11-18H2/b10-7+. The second-order valence-electron chi connectivity index (χ2n) is 6.83. The van der Waals surface area contributed by atoms with Gasteiger partial charge in [0.1, 0.15) is 0 Å². The van der Waals surface area contributed by atoms with Gasteiger partial charge in [-0.05, 0) is 44.3 Å². The van der Waals surface area contributed by atoms with Gasteiger partial charge in [0.25, 0.3) is 0 Å². The van der Waals surface area contributed by atoms with Crippen LogP contribution in [0.25, 0.3) is 6.08 Å². The van der Waals surface area contributed by atoms with Gasteiger partial charge in [0.05, 0.1) is 0 Å². The molecular weight excluding hydrogens is 284 g/mol. The summed E-state index contributed by atoms with van der Waals surface area (Å²) in [4.78, 5) is 2.74. The van der Waals surface area contributed by atoms with Crippen molar-refractivity contribution in [1.29, 1.82) is 0 Å². The first-order chi connectivity index (χ1) is 11.4. The molecule has 23 heavy (non-hydrogen) atoms. The molecule has 0 aliphatic carbocycles. The zero-order valence-corrected chi connectivity index (χ0v) is 14.2. The molecule has 0 radical (unpaired) electrons. The Morgan fingerprint density at radius 1 is 1.04 bits per heavy atom. The Bertz CT molecular complexity index is 474. The van der Waals surface area contributed by atoms with Crippen LogP contribution in [0.15, 0.2) is 36.4 Å². The highest BCUT2D eigenvalue weighted by Gasteiger charge is 2.38. The Morgan fingerprint density at radius 3 is 2.52 bits per heavy atom. The molecule has 0 amide bonds. The average molecular weight is 314 g/mol. The minimum atomic E-state index is 0.319. The summed E-state index contributed by atoms with van der Waals surface area (Å²) < 4.78 is 5.63. The minimum absolute atomic E-state index is 0.319. The van der Waals surface area contributed by atoms with Crippen LogP contribution in [0.2, 0.25) is 0 Å². The molecule has 2 fully saturated rings. The summed E-state index contributed by atoms with van der Waals surface area (Å²) >= 11 is 0. The zero-order chi connectivity index (χ0) is 15.8. The molecule has 126 valence electrons. The fourth-order valence-corrected chi connectivity index (χ4v) is 3.87. The maximum atomic E-state index is 5.63. The second-order valence-corrected chi connectivity index (χ2v) is 6.83. The first kappa shape index (κ1) is 16.7.